The molecular formula is C17H23NO3. The van der Waals surface area contributed by atoms with Crippen molar-refractivity contribution in [1.82, 2.24) is 4.90 Å². The van der Waals surface area contributed by atoms with Gasteiger partial charge in [-0.1, -0.05) is 6.42 Å². The molecule has 0 amide bonds. The SMILES string of the molecule is O=C(CN(CCCO)C1CCC1)c1ccc2c(c1)CCO2. The van der Waals surface area contributed by atoms with E-state index in [1.165, 1.54) is 19.3 Å². The first-order chi connectivity index (χ1) is 10.3. The predicted molar refractivity (Wildman–Crippen MR) is 80.9 cm³/mol. The molecule has 0 unspecified atom stereocenters. The molecule has 0 saturated heterocycles. The van der Waals surface area contributed by atoms with Gasteiger partial charge in [-0.3, -0.25) is 9.69 Å². The lowest BCUT2D eigenvalue weighted by atomic mass is 9.91. The van der Waals surface area contributed by atoms with Crippen LogP contribution >= 0.6 is 0 Å². The highest BCUT2D eigenvalue weighted by Crippen LogP contribution is 2.27. The Hall–Kier alpha value is -1.39. The van der Waals surface area contributed by atoms with Gasteiger partial charge in [0.1, 0.15) is 5.75 Å². The molecule has 21 heavy (non-hydrogen) atoms. The first kappa shape index (κ1) is 14.5. The molecule has 1 aromatic carbocycles. The third-order valence-corrected chi connectivity index (χ3v) is 4.55. The van der Waals surface area contributed by atoms with Crippen molar-refractivity contribution < 1.29 is 14.6 Å². The predicted octanol–water partition coefficient (Wildman–Crippen LogP) is 2.04. The van der Waals surface area contributed by atoms with Gasteiger partial charge < -0.3 is 9.84 Å². The second kappa shape index (κ2) is 6.58. The maximum Gasteiger partial charge on any atom is 0.176 e. The molecule has 1 aliphatic carbocycles. The van der Waals surface area contributed by atoms with Gasteiger partial charge in [0.15, 0.2) is 5.78 Å². The van der Waals surface area contributed by atoms with Crippen molar-refractivity contribution >= 4 is 5.78 Å². The highest BCUT2D eigenvalue weighted by Gasteiger charge is 2.26. The van der Waals surface area contributed by atoms with Gasteiger partial charge in [0.25, 0.3) is 0 Å². The Kier molecular flexibility index (Phi) is 4.56. The number of aliphatic hydroxyl groups is 1. The molecule has 1 N–H and O–H groups in total. The van der Waals surface area contributed by atoms with Crippen LogP contribution in [0.3, 0.4) is 0 Å². The lowest BCUT2D eigenvalue weighted by molar-refractivity contribution is 0.0788. The largest absolute Gasteiger partial charge is 0.493 e. The van der Waals surface area contributed by atoms with Crippen molar-refractivity contribution in [3.05, 3.63) is 29.3 Å². The van der Waals surface area contributed by atoms with Crippen LogP contribution in [0, 0.1) is 0 Å². The summed E-state index contributed by atoms with van der Waals surface area (Å²) in [5.41, 5.74) is 1.93. The second-order valence-electron chi connectivity index (χ2n) is 5.98. The number of benzene rings is 1. The van der Waals surface area contributed by atoms with Crippen molar-refractivity contribution in [3.8, 4) is 5.75 Å². The summed E-state index contributed by atoms with van der Waals surface area (Å²) in [5.74, 6) is 1.09. The number of hydrogen-bond donors (Lipinski definition) is 1. The minimum atomic E-state index is 0.175. The average molecular weight is 289 g/mol. The van der Waals surface area contributed by atoms with Crippen LogP contribution in [0.5, 0.6) is 5.75 Å². The number of ether oxygens (including phenoxy) is 1. The molecule has 1 aliphatic heterocycles. The number of aliphatic hydroxyl groups excluding tert-OH is 1. The van der Waals surface area contributed by atoms with Gasteiger partial charge in [0.05, 0.1) is 13.2 Å². The quantitative estimate of drug-likeness (QED) is 0.780. The molecule has 0 aromatic heterocycles. The van der Waals surface area contributed by atoms with E-state index in [2.05, 4.69) is 4.90 Å². The van der Waals surface area contributed by atoms with Gasteiger partial charge in [-0.05, 0) is 43.0 Å². The van der Waals surface area contributed by atoms with Crippen LogP contribution in [0.15, 0.2) is 18.2 Å². The maximum atomic E-state index is 12.5. The second-order valence-corrected chi connectivity index (χ2v) is 5.98. The van der Waals surface area contributed by atoms with Crippen molar-refractivity contribution in [2.24, 2.45) is 0 Å². The molecule has 0 atom stereocenters. The first-order valence-corrected chi connectivity index (χ1v) is 7.92. The Morgan fingerprint density at radius 1 is 1.38 bits per heavy atom. The third-order valence-electron chi connectivity index (χ3n) is 4.55. The summed E-state index contributed by atoms with van der Waals surface area (Å²) in [6, 6.07) is 6.29. The van der Waals surface area contributed by atoms with Gasteiger partial charge in [-0.15, -0.1) is 0 Å². The van der Waals surface area contributed by atoms with Crippen LogP contribution < -0.4 is 4.74 Å². The Labute approximate surface area is 125 Å². The zero-order valence-electron chi connectivity index (χ0n) is 12.4. The zero-order valence-corrected chi connectivity index (χ0v) is 12.4. The molecule has 0 spiro atoms. The summed E-state index contributed by atoms with van der Waals surface area (Å²) in [6.07, 6.45) is 5.24. The highest BCUT2D eigenvalue weighted by molar-refractivity contribution is 5.98. The number of Topliss-reactive ketones (excluding diaryl/α,β-unsaturated/α-hetero) is 1. The summed E-state index contributed by atoms with van der Waals surface area (Å²) >= 11 is 0. The monoisotopic (exact) mass is 289 g/mol. The molecule has 0 radical (unpaired) electrons. The topological polar surface area (TPSA) is 49.8 Å². The fourth-order valence-corrected chi connectivity index (χ4v) is 3.05. The maximum absolute atomic E-state index is 12.5. The molecule has 3 rings (SSSR count). The number of carbonyl (C=O) groups is 1. The average Bonchev–Trinajstić information content (AvgIpc) is 2.89. The van der Waals surface area contributed by atoms with Crippen LogP contribution in [-0.4, -0.2) is 48.1 Å². The van der Waals surface area contributed by atoms with Crippen LogP contribution in [-0.2, 0) is 6.42 Å². The van der Waals surface area contributed by atoms with Gasteiger partial charge in [-0.2, -0.15) is 0 Å². The fraction of sp³-hybridized carbons (Fsp3) is 0.588. The molecule has 114 valence electrons. The van der Waals surface area contributed by atoms with Crippen molar-refractivity contribution in [3.63, 3.8) is 0 Å². The molecule has 2 aliphatic rings. The molecule has 0 bridgehead atoms. The normalized spacial score (nSPS) is 17.4. The van der Waals surface area contributed by atoms with Gasteiger partial charge in [0.2, 0.25) is 0 Å². The smallest absolute Gasteiger partial charge is 0.176 e. The Bertz CT molecular complexity index is 511. The van der Waals surface area contributed by atoms with Gasteiger partial charge in [0, 0.05) is 31.2 Å². The lowest BCUT2D eigenvalue weighted by Gasteiger charge is -2.37. The lowest BCUT2D eigenvalue weighted by Crippen LogP contribution is -2.43. The van der Waals surface area contributed by atoms with Crippen molar-refractivity contribution in [1.29, 1.82) is 0 Å². The van der Waals surface area contributed by atoms with E-state index in [0.29, 0.717) is 12.6 Å². The van der Waals surface area contributed by atoms with Crippen LogP contribution in [0.25, 0.3) is 0 Å². The summed E-state index contributed by atoms with van der Waals surface area (Å²) in [5, 5.41) is 9.02. The number of ketones is 1. The molecule has 4 nitrogen and oxygen atoms in total. The van der Waals surface area contributed by atoms with Crippen LogP contribution in [0.2, 0.25) is 0 Å². The summed E-state index contributed by atoms with van der Waals surface area (Å²) < 4.78 is 5.48. The summed E-state index contributed by atoms with van der Waals surface area (Å²) in [4.78, 5) is 14.8. The van der Waals surface area contributed by atoms with E-state index in [0.717, 1.165) is 42.9 Å². The van der Waals surface area contributed by atoms with E-state index >= 15 is 0 Å². The fourth-order valence-electron chi connectivity index (χ4n) is 3.05. The van der Waals surface area contributed by atoms with E-state index in [9.17, 15) is 4.79 Å². The zero-order chi connectivity index (χ0) is 14.7. The minimum Gasteiger partial charge on any atom is -0.493 e. The molecule has 1 heterocycles. The Morgan fingerprint density at radius 2 is 2.24 bits per heavy atom. The molecule has 1 aromatic rings. The van der Waals surface area contributed by atoms with Crippen LogP contribution in [0.4, 0.5) is 0 Å². The summed E-state index contributed by atoms with van der Waals surface area (Å²) in [6.45, 7) is 2.18. The molecule has 1 fully saturated rings. The Morgan fingerprint density at radius 3 is 2.95 bits per heavy atom. The van der Waals surface area contributed by atoms with Gasteiger partial charge in [-0.25, -0.2) is 0 Å². The van der Waals surface area contributed by atoms with E-state index in [4.69, 9.17) is 9.84 Å². The summed E-state index contributed by atoms with van der Waals surface area (Å²) in [7, 11) is 0. The van der Waals surface area contributed by atoms with E-state index in [1.807, 2.05) is 18.2 Å². The number of nitrogens with zero attached hydrogens (tertiary/aromatic N) is 1. The Balaban J connectivity index is 1.65. The van der Waals surface area contributed by atoms with E-state index in [-0.39, 0.29) is 12.4 Å². The van der Waals surface area contributed by atoms with Crippen LogP contribution in [0.1, 0.15) is 41.6 Å². The molecular weight excluding hydrogens is 266 g/mol. The number of carbonyl (C=O) groups excluding carboxylic acids is 1. The van der Waals surface area contributed by atoms with Crippen molar-refractivity contribution in [2.45, 2.75) is 38.1 Å². The standard InChI is InChI=1S/C17H23NO3/c19-9-2-8-18(15-3-1-4-15)12-16(20)13-5-6-17-14(11-13)7-10-21-17/h5-6,11,15,19H,1-4,7-10,12H2. The highest BCUT2D eigenvalue weighted by atomic mass is 16.5. The number of rotatable bonds is 7. The van der Waals surface area contributed by atoms with Crippen molar-refractivity contribution in [2.75, 3.05) is 26.3 Å². The molecule has 4 heteroatoms. The number of fused-ring (bicyclic) bond motifs is 1. The van der Waals surface area contributed by atoms with E-state index < -0.39 is 0 Å². The number of hydrogen-bond acceptors (Lipinski definition) is 4. The van der Waals surface area contributed by atoms with Gasteiger partial charge >= 0.3 is 0 Å². The third kappa shape index (κ3) is 3.27. The van der Waals surface area contributed by atoms with E-state index in [1.54, 1.807) is 0 Å². The minimum absolute atomic E-state index is 0.175. The first-order valence-electron chi connectivity index (χ1n) is 7.92. The molecule has 1 saturated carbocycles.